The summed E-state index contributed by atoms with van der Waals surface area (Å²) < 4.78 is 11.3. The molecule has 0 aromatic rings. The van der Waals surface area contributed by atoms with E-state index < -0.39 is 6.29 Å². The van der Waals surface area contributed by atoms with Crippen molar-refractivity contribution in [2.45, 2.75) is 37.3 Å². The van der Waals surface area contributed by atoms with Crippen molar-refractivity contribution in [1.82, 2.24) is 0 Å². The van der Waals surface area contributed by atoms with E-state index in [1.807, 2.05) is 0 Å². The van der Waals surface area contributed by atoms with Gasteiger partial charge in [-0.05, 0) is 30.8 Å². The first kappa shape index (κ1) is 8.89. The lowest BCUT2D eigenvalue weighted by Crippen LogP contribution is -2.31. The minimum Gasteiger partial charge on any atom is -0.375 e. The van der Waals surface area contributed by atoms with Crippen LogP contribution < -0.4 is 0 Å². The quantitative estimate of drug-likeness (QED) is 0.542. The molecule has 0 radical (unpaired) electrons. The number of rotatable bonds is 3. The van der Waals surface area contributed by atoms with E-state index in [1.54, 1.807) is 0 Å². The third-order valence-corrected chi connectivity index (χ3v) is 4.02. The molecule has 1 aliphatic heterocycles. The molecule has 2 saturated carbocycles. The Balaban J connectivity index is 1.71. The third kappa shape index (κ3) is 1.09. The van der Waals surface area contributed by atoms with Gasteiger partial charge in [0, 0.05) is 6.42 Å². The molecule has 78 valence electrons. The lowest BCUT2D eigenvalue weighted by Gasteiger charge is -2.26. The van der Waals surface area contributed by atoms with Gasteiger partial charge in [0.25, 0.3) is 0 Å². The van der Waals surface area contributed by atoms with Gasteiger partial charge in [0.1, 0.15) is 0 Å². The molecule has 3 fully saturated rings. The molecule has 1 saturated heterocycles. The molecule has 3 rings (SSSR count). The number of hydrogen-bond donors (Lipinski definition) is 1. The van der Waals surface area contributed by atoms with Crippen molar-refractivity contribution in [2.75, 3.05) is 6.61 Å². The molecule has 0 aromatic heterocycles. The summed E-state index contributed by atoms with van der Waals surface area (Å²) in [7, 11) is 0. The Morgan fingerprint density at radius 3 is 3.00 bits per heavy atom. The molecule has 3 nitrogen and oxygen atoms in total. The highest BCUT2D eigenvalue weighted by molar-refractivity contribution is 5.11. The third-order valence-electron chi connectivity index (χ3n) is 4.02. The number of hydrogen-bond acceptors (Lipinski definition) is 3. The van der Waals surface area contributed by atoms with E-state index in [9.17, 15) is 5.11 Å². The SMILES string of the molecule is C=CC(O)OC1CC23CC(CO2)C1C3. The van der Waals surface area contributed by atoms with Gasteiger partial charge in [-0.25, -0.2) is 0 Å². The minimum atomic E-state index is -0.810. The average Bonchev–Trinajstić information content (AvgIpc) is 2.80. The van der Waals surface area contributed by atoms with Crippen LogP contribution in [0.15, 0.2) is 12.7 Å². The maximum atomic E-state index is 9.36. The largest absolute Gasteiger partial charge is 0.375 e. The first-order chi connectivity index (χ1) is 6.72. The lowest BCUT2D eigenvalue weighted by molar-refractivity contribution is -0.125. The molecule has 3 aliphatic rings. The Morgan fingerprint density at radius 2 is 2.36 bits per heavy atom. The van der Waals surface area contributed by atoms with Gasteiger partial charge in [0.05, 0.1) is 18.3 Å². The van der Waals surface area contributed by atoms with Gasteiger partial charge in [-0.15, -0.1) is 0 Å². The molecule has 1 spiro atoms. The van der Waals surface area contributed by atoms with Crippen molar-refractivity contribution in [2.24, 2.45) is 11.8 Å². The topological polar surface area (TPSA) is 38.7 Å². The second-order valence-corrected chi connectivity index (χ2v) is 4.83. The van der Waals surface area contributed by atoms with Crippen LogP contribution in [0.4, 0.5) is 0 Å². The Hall–Kier alpha value is -0.380. The average molecular weight is 196 g/mol. The highest BCUT2D eigenvalue weighted by Crippen LogP contribution is 2.59. The molecule has 0 aromatic carbocycles. The van der Waals surface area contributed by atoms with Crippen LogP contribution in [0.1, 0.15) is 19.3 Å². The molecule has 14 heavy (non-hydrogen) atoms. The smallest absolute Gasteiger partial charge is 0.174 e. The normalized spacial score (nSPS) is 51.1. The Kier molecular flexibility index (Phi) is 1.79. The van der Waals surface area contributed by atoms with Crippen LogP contribution in [0.5, 0.6) is 0 Å². The van der Waals surface area contributed by atoms with Crippen LogP contribution in [0.2, 0.25) is 0 Å². The Labute approximate surface area is 83.7 Å². The van der Waals surface area contributed by atoms with Crippen LogP contribution in [0, 0.1) is 11.8 Å². The summed E-state index contributed by atoms with van der Waals surface area (Å²) in [6, 6.07) is 0. The van der Waals surface area contributed by atoms with Gasteiger partial charge in [-0.2, -0.15) is 0 Å². The Bertz CT molecular complexity index is 265. The van der Waals surface area contributed by atoms with Crippen LogP contribution in [-0.2, 0) is 9.47 Å². The standard InChI is InChI=1S/C11H16O3/c1-2-10(12)14-9-5-11-3-7(6-13-11)8(9)4-11/h2,7-10,12H,1,3-6H2. The molecular formula is C11H16O3. The summed E-state index contributed by atoms with van der Waals surface area (Å²) >= 11 is 0. The fraction of sp³-hybridized carbons (Fsp3) is 0.818. The van der Waals surface area contributed by atoms with Gasteiger partial charge >= 0.3 is 0 Å². The number of ether oxygens (including phenoxy) is 2. The van der Waals surface area contributed by atoms with Gasteiger partial charge in [0.15, 0.2) is 6.29 Å². The molecule has 3 bridgehead atoms. The molecule has 1 N–H and O–H groups in total. The fourth-order valence-electron chi connectivity index (χ4n) is 3.46. The maximum Gasteiger partial charge on any atom is 0.174 e. The van der Waals surface area contributed by atoms with Gasteiger partial charge < -0.3 is 14.6 Å². The zero-order valence-corrected chi connectivity index (χ0v) is 8.19. The van der Waals surface area contributed by atoms with Crippen molar-refractivity contribution in [3.63, 3.8) is 0 Å². The van der Waals surface area contributed by atoms with E-state index in [-0.39, 0.29) is 11.7 Å². The van der Waals surface area contributed by atoms with E-state index in [4.69, 9.17) is 9.47 Å². The molecule has 0 amide bonds. The van der Waals surface area contributed by atoms with Crippen molar-refractivity contribution in [3.8, 4) is 0 Å². The molecule has 3 heteroatoms. The summed E-state index contributed by atoms with van der Waals surface area (Å²) in [5.41, 5.74) is 0.112. The zero-order chi connectivity index (χ0) is 9.76. The van der Waals surface area contributed by atoms with Crippen molar-refractivity contribution >= 4 is 0 Å². The van der Waals surface area contributed by atoms with Crippen molar-refractivity contribution < 1.29 is 14.6 Å². The number of fused-ring (bicyclic) bond motifs is 3. The van der Waals surface area contributed by atoms with E-state index in [2.05, 4.69) is 6.58 Å². The molecule has 1 heterocycles. The molecular weight excluding hydrogens is 180 g/mol. The van der Waals surface area contributed by atoms with Crippen molar-refractivity contribution in [3.05, 3.63) is 12.7 Å². The van der Waals surface area contributed by atoms with E-state index in [1.165, 1.54) is 12.5 Å². The van der Waals surface area contributed by atoms with Gasteiger partial charge in [-0.3, -0.25) is 0 Å². The van der Waals surface area contributed by atoms with E-state index >= 15 is 0 Å². The maximum absolute atomic E-state index is 9.36. The summed E-state index contributed by atoms with van der Waals surface area (Å²) in [5.74, 6) is 1.28. The van der Waals surface area contributed by atoms with Crippen LogP contribution >= 0.6 is 0 Å². The summed E-state index contributed by atoms with van der Waals surface area (Å²) in [4.78, 5) is 0. The van der Waals surface area contributed by atoms with Gasteiger partial charge in [-0.1, -0.05) is 6.58 Å². The van der Waals surface area contributed by atoms with E-state index in [0.29, 0.717) is 11.8 Å². The highest BCUT2D eigenvalue weighted by Gasteiger charge is 2.61. The van der Waals surface area contributed by atoms with Crippen molar-refractivity contribution in [1.29, 1.82) is 0 Å². The summed E-state index contributed by atoms with van der Waals surface area (Å²) in [6.45, 7) is 4.41. The molecule has 5 atom stereocenters. The minimum absolute atomic E-state index is 0.112. The number of aliphatic hydroxyl groups excluding tert-OH is 1. The van der Waals surface area contributed by atoms with Crippen LogP contribution in [-0.4, -0.2) is 29.7 Å². The zero-order valence-electron chi connectivity index (χ0n) is 8.19. The van der Waals surface area contributed by atoms with Crippen LogP contribution in [0.3, 0.4) is 0 Å². The predicted molar refractivity (Wildman–Crippen MR) is 50.6 cm³/mol. The van der Waals surface area contributed by atoms with Crippen LogP contribution in [0.25, 0.3) is 0 Å². The second kappa shape index (κ2) is 2.81. The highest BCUT2D eigenvalue weighted by atomic mass is 16.6. The fourth-order valence-corrected chi connectivity index (χ4v) is 3.46. The monoisotopic (exact) mass is 196 g/mol. The van der Waals surface area contributed by atoms with E-state index in [0.717, 1.165) is 19.4 Å². The Morgan fingerprint density at radius 1 is 1.50 bits per heavy atom. The molecule has 2 aliphatic carbocycles. The predicted octanol–water partition coefficient (Wildman–Crippen LogP) is 1.07. The van der Waals surface area contributed by atoms with Gasteiger partial charge in [0.2, 0.25) is 0 Å². The summed E-state index contributed by atoms with van der Waals surface area (Å²) in [5, 5.41) is 9.36. The number of aliphatic hydroxyl groups is 1. The molecule has 5 unspecified atom stereocenters. The first-order valence-electron chi connectivity index (χ1n) is 5.32. The lowest BCUT2D eigenvalue weighted by atomic mass is 9.88. The second-order valence-electron chi connectivity index (χ2n) is 4.83. The first-order valence-corrected chi connectivity index (χ1v) is 5.32. The summed E-state index contributed by atoms with van der Waals surface area (Å²) in [6.07, 6.45) is 4.11.